The first-order valence-corrected chi connectivity index (χ1v) is 11.2. The third-order valence-corrected chi connectivity index (χ3v) is 6.12. The van der Waals surface area contributed by atoms with Gasteiger partial charge in [-0.2, -0.15) is 9.78 Å². The van der Waals surface area contributed by atoms with E-state index < -0.39 is 0 Å². The molecule has 0 bridgehead atoms. The summed E-state index contributed by atoms with van der Waals surface area (Å²) < 4.78 is 1.51. The molecule has 33 heavy (non-hydrogen) atoms. The molecule has 1 fully saturated rings. The van der Waals surface area contributed by atoms with Crippen molar-refractivity contribution in [2.75, 3.05) is 24.7 Å². The zero-order valence-corrected chi connectivity index (χ0v) is 18.8. The molecule has 2 heterocycles. The Morgan fingerprint density at radius 3 is 2.42 bits per heavy atom. The van der Waals surface area contributed by atoms with E-state index in [2.05, 4.69) is 10.4 Å². The van der Waals surface area contributed by atoms with Crippen molar-refractivity contribution in [2.24, 2.45) is 5.10 Å². The predicted molar refractivity (Wildman–Crippen MR) is 133 cm³/mol. The van der Waals surface area contributed by atoms with Gasteiger partial charge in [0.15, 0.2) is 5.65 Å². The van der Waals surface area contributed by atoms with Crippen LogP contribution in [0.1, 0.15) is 41.6 Å². The monoisotopic (exact) mass is 441 g/mol. The van der Waals surface area contributed by atoms with Crippen LogP contribution in [0.3, 0.4) is 0 Å². The number of aromatic nitrogens is 3. The van der Waals surface area contributed by atoms with Crippen LogP contribution in [0, 0.1) is 0 Å². The van der Waals surface area contributed by atoms with Crippen molar-refractivity contribution in [2.45, 2.75) is 31.7 Å². The molecule has 1 aliphatic carbocycles. The van der Waals surface area contributed by atoms with Gasteiger partial charge < -0.3 is 16.0 Å². The van der Waals surface area contributed by atoms with Crippen molar-refractivity contribution in [3.05, 3.63) is 59.7 Å². The number of benzene rings is 2. The second-order valence-electron chi connectivity index (χ2n) is 8.64. The average Bonchev–Trinajstić information content (AvgIpc) is 3.41. The zero-order valence-electron chi connectivity index (χ0n) is 18.8. The number of nitrogens with zero attached hydrogens (tertiary/aromatic N) is 5. The molecule has 8 nitrogen and oxygen atoms in total. The number of anilines is 2. The van der Waals surface area contributed by atoms with Crippen LogP contribution in [0.4, 0.5) is 11.5 Å². The Kier molecular flexibility index (Phi) is 5.42. The van der Waals surface area contributed by atoms with E-state index in [4.69, 9.17) is 15.7 Å². The van der Waals surface area contributed by atoms with Crippen molar-refractivity contribution < 1.29 is 4.79 Å². The number of carbonyl (C=O) groups is 1. The van der Waals surface area contributed by atoms with E-state index >= 15 is 0 Å². The lowest BCUT2D eigenvalue weighted by Crippen LogP contribution is -2.33. The second kappa shape index (κ2) is 8.54. The molecule has 0 unspecified atom stereocenters. The van der Waals surface area contributed by atoms with Crippen LogP contribution in [0.15, 0.2) is 53.6 Å². The smallest absolute Gasteiger partial charge is 0.257 e. The van der Waals surface area contributed by atoms with E-state index in [-0.39, 0.29) is 17.8 Å². The average molecular weight is 442 g/mol. The summed E-state index contributed by atoms with van der Waals surface area (Å²) in [6, 6.07) is 15.7. The Morgan fingerprint density at radius 2 is 1.76 bits per heavy atom. The fraction of sp³-hybridized carbons (Fsp3) is 0.280. The second-order valence-corrected chi connectivity index (χ2v) is 8.64. The van der Waals surface area contributed by atoms with Crippen LogP contribution >= 0.6 is 0 Å². The quantitative estimate of drug-likeness (QED) is 0.459. The minimum Gasteiger partial charge on any atom is -0.383 e. The van der Waals surface area contributed by atoms with Gasteiger partial charge in [-0.3, -0.25) is 4.79 Å². The molecule has 4 aromatic rings. The topological polar surface area (TPSA) is 101 Å². The van der Waals surface area contributed by atoms with Gasteiger partial charge in [-0.25, -0.2) is 9.97 Å². The van der Waals surface area contributed by atoms with Gasteiger partial charge in [-0.15, -0.1) is 0 Å². The largest absolute Gasteiger partial charge is 0.383 e. The number of amides is 1. The van der Waals surface area contributed by atoms with E-state index in [1.165, 1.54) is 4.68 Å². The summed E-state index contributed by atoms with van der Waals surface area (Å²) in [4.78, 5) is 24.7. The maximum absolute atomic E-state index is 13.2. The molecule has 2 aromatic heterocycles. The van der Waals surface area contributed by atoms with Gasteiger partial charge >= 0.3 is 0 Å². The molecule has 1 amide bonds. The summed E-state index contributed by atoms with van der Waals surface area (Å²) in [5, 5.41) is 7.71. The minimum absolute atomic E-state index is 0.169. The van der Waals surface area contributed by atoms with Crippen LogP contribution < -0.4 is 16.0 Å². The predicted octanol–water partition coefficient (Wildman–Crippen LogP) is 3.79. The van der Waals surface area contributed by atoms with Gasteiger partial charge in [0.25, 0.3) is 5.91 Å². The highest BCUT2D eigenvalue weighted by molar-refractivity contribution is 6.10. The molecule has 3 N–H and O–H groups in total. The van der Waals surface area contributed by atoms with E-state index in [9.17, 15) is 4.79 Å². The molecule has 5 rings (SSSR count). The maximum Gasteiger partial charge on any atom is 0.257 e. The normalized spacial score (nSPS) is 14.5. The van der Waals surface area contributed by atoms with Crippen LogP contribution in [0.25, 0.3) is 22.2 Å². The third kappa shape index (κ3) is 4.00. The Balaban J connectivity index is 1.60. The number of carbonyl (C=O) groups excluding carboxylic acids is 1. The Labute approximate surface area is 192 Å². The van der Waals surface area contributed by atoms with Gasteiger partial charge in [0.05, 0.1) is 17.2 Å². The number of hydrogen-bond donors (Lipinski definition) is 2. The lowest BCUT2D eigenvalue weighted by molar-refractivity contribution is 0.0940. The molecule has 0 atom stereocenters. The van der Waals surface area contributed by atoms with Crippen molar-refractivity contribution in [1.82, 2.24) is 20.0 Å². The lowest BCUT2D eigenvalue weighted by Gasteiger charge is -2.12. The van der Waals surface area contributed by atoms with Crippen LogP contribution in [0.5, 0.6) is 0 Å². The van der Waals surface area contributed by atoms with E-state index in [1.54, 1.807) is 6.21 Å². The van der Waals surface area contributed by atoms with Crippen LogP contribution in [-0.2, 0) is 0 Å². The van der Waals surface area contributed by atoms with Gasteiger partial charge in [-0.1, -0.05) is 37.1 Å². The molecule has 0 aliphatic heterocycles. The lowest BCUT2D eigenvalue weighted by atomic mass is 10.2. The van der Waals surface area contributed by atoms with Gasteiger partial charge in [0.1, 0.15) is 16.9 Å². The molecule has 0 saturated heterocycles. The molecular formula is C25H27N7O. The summed E-state index contributed by atoms with van der Waals surface area (Å²) in [5.41, 5.74) is 11.2. The minimum atomic E-state index is -0.224. The number of rotatable bonds is 5. The molecule has 1 aliphatic rings. The summed E-state index contributed by atoms with van der Waals surface area (Å²) >= 11 is 0. The van der Waals surface area contributed by atoms with Crippen molar-refractivity contribution in [3.8, 4) is 0 Å². The molecule has 0 spiro atoms. The number of para-hydroxylation sites is 2. The fourth-order valence-electron chi connectivity index (χ4n) is 4.30. The first kappa shape index (κ1) is 20.9. The van der Waals surface area contributed by atoms with Gasteiger partial charge in [-0.05, 0) is 42.7 Å². The number of nitrogen functional groups attached to an aromatic ring is 1. The highest BCUT2D eigenvalue weighted by Gasteiger charge is 2.26. The van der Waals surface area contributed by atoms with E-state index in [1.807, 2.05) is 67.5 Å². The molecule has 2 aromatic carbocycles. The summed E-state index contributed by atoms with van der Waals surface area (Å²) in [6.07, 6.45) is 5.94. The van der Waals surface area contributed by atoms with Crippen molar-refractivity contribution in [3.63, 3.8) is 0 Å². The standard InChI is InChI=1S/C25H27N7O/c1-31(2)18-13-11-16(12-14-18)15-27-32-23(26)21(25(33)28-17-7-3-4-8-17)22-24(32)30-20-10-6-5-9-19(20)29-22/h5-6,9-15,17H,3-4,7-8,26H2,1-2H3,(H,28,33). The molecule has 168 valence electrons. The highest BCUT2D eigenvalue weighted by Crippen LogP contribution is 2.28. The molecule has 0 radical (unpaired) electrons. The summed E-state index contributed by atoms with van der Waals surface area (Å²) in [7, 11) is 3.99. The summed E-state index contributed by atoms with van der Waals surface area (Å²) in [5.74, 6) is 0.00947. The van der Waals surface area contributed by atoms with Crippen molar-refractivity contribution in [1.29, 1.82) is 0 Å². The molecule has 1 saturated carbocycles. The van der Waals surface area contributed by atoms with Gasteiger partial charge in [0.2, 0.25) is 0 Å². The Bertz CT molecular complexity index is 1350. The number of hydrogen-bond acceptors (Lipinski definition) is 6. The Morgan fingerprint density at radius 1 is 1.09 bits per heavy atom. The number of nitrogens with two attached hydrogens (primary N) is 1. The van der Waals surface area contributed by atoms with E-state index in [0.717, 1.165) is 42.5 Å². The van der Waals surface area contributed by atoms with Crippen LogP contribution in [-0.4, -0.2) is 46.9 Å². The fourth-order valence-corrected chi connectivity index (χ4v) is 4.30. The van der Waals surface area contributed by atoms with Crippen LogP contribution in [0.2, 0.25) is 0 Å². The third-order valence-electron chi connectivity index (χ3n) is 6.12. The zero-order chi connectivity index (χ0) is 22.9. The first-order chi connectivity index (χ1) is 16.0. The summed E-state index contributed by atoms with van der Waals surface area (Å²) in [6.45, 7) is 0. The van der Waals surface area contributed by atoms with Crippen molar-refractivity contribution >= 4 is 45.8 Å². The van der Waals surface area contributed by atoms with Gasteiger partial charge in [0, 0.05) is 25.8 Å². The van der Waals surface area contributed by atoms with E-state index in [0.29, 0.717) is 22.2 Å². The number of fused-ring (bicyclic) bond motifs is 2. The highest BCUT2D eigenvalue weighted by atomic mass is 16.1. The first-order valence-electron chi connectivity index (χ1n) is 11.2. The number of nitrogens with one attached hydrogen (secondary N) is 1. The SMILES string of the molecule is CN(C)c1ccc(C=Nn2c(N)c(C(=O)NC3CCCC3)c3nc4ccccc4nc32)cc1. The maximum atomic E-state index is 13.2. The molecule has 8 heteroatoms. The molecular weight excluding hydrogens is 414 g/mol. The Hall–Kier alpha value is -3.94.